The van der Waals surface area contributed by atoms with E-state index in [0.717, 1.165) is 0 Å². The average Bonchev–Trinajstić information content (AvgIpc) is 2.90. The van der Waals surface area contributed by atoms with Crippen molar-refractivity contribution in [3.8, 4) is 5.75 Å². The van der Waals surface area contributed by atoms with Crippen molar-refractivity contribution < 1.29 is 37.8 Å². The van der Waals surface area contributed by atoms with Gasteiger partial charge in [0, 0.05) is 43.0 Å². The Kier molecular flexibility index (Phi) is 10.1. The molecule has 1 aliphatic rings. The summed E-state index contributed by atoms with van der Waals surface area (Å²) < 4.78 is 28.5. The van der Waals surface area contributed by atoms with E-state index in [4.69, 9.17) is 4.74 Å². The summed E-state index contributed by atoms with van der Waals surface area (Å²) in [7, 11) is 1.47. The van der Waals surface area contributed by atoms with Gasteiger partial charge in [-0.3, -0.25) is 29.2 Å². The number of urea groups is 1. The largest absolute Gasteiger partial charge is 0.496 e. The fourth-order valence-corrected chi connectivity index (χ4v) is 4.85. The lowest BCUT2D eigenvalue weighted by atomic mass is 9.84. The summed E-state index contributed by atoms with van der Waals surface area (Å²) in [5, 5.41) is 14.5. The highest BCUT2D eigenvalue weighted by molar-refractivity contribution is 7.76. The van der Waals surface area contributed by atoms with Crippen molar-refractivity contribution in [3.63, 3.8) is 0 Å². The molecule has 2 aromatic carbocycles. The number of anilines is 2. The van der Waals surface area contributed by atoms with E-state index in [-0.39, 0.29) is 43.9 Å². The lowest BCUT2D eigenvalue weighted by Gasteiger charge is -2.30. The van der Waals surface area contributed by atoms with Gasteiger partial charge in [0.15, 0.2) is 0 Å². The summed E-state index contributed by atoms with van der Waals surface area (Å²) in [4.78, 5) is 50.6. The van der Waals surface area contributed by atoms with Gasteiger partial charge in [-0.25, -0.2) is 9.00 Å². The summed E-state index contributed by atoms with van der Waals surface area (Å²) in [6, 6.07) is 9.47. The summed E-state index contributed by atoms with van der Waals surface area (Å²) in [5.41, 5.74) is 1.01. The number of aliphatic carboxylic acids is 1. The number of benzene rings is 2. The number of carboxylic acids is 1. The summed E-state index contributed by atoms with van der Waals surface area (Å²) in [5.74, 6) is -1.47. The fraction of sp³-hybridized carbons (Fsp3) is 0.448. The van der Waals surface area contributed by atoms with E-state index in [1.54, 1.807) is 50.2 Å². The van der Waals surface area contributed by atoms with Crippen LogP contribution < -0.4 is 20.3 Å². The van der Waals surface area contributed by atoms with Gasteiger partial charge in [-0.15, -0.1) is 0 Å². The van der Waals surface area contributed by atoms with Crippen LogP contribution in [0, 0.1) is 5.41 Å². The van der Waals surface area contributed by atoms with Gasteiger partial charge in [-0.1, -0.05) is 32.9 Å². The molecule has 2 aromatic rings. The first-order valence-corrected chi connectivity index (χ1v) is 14.4. The highest BCUT2D eigenvalue weighted by Gasteiger charge is 2.31. The molecular formula is C29H38N4O8S. The highest BCUT2D eigenvalue weighted by Crippen LogP contribution is 2.38. The maximum Gasteiger partial charge on any atom is 0.328 e. The predicted molar refractivity (Wildman–Crippen MR) is 159 cm³/mol. The molecule has 1 fully saturated rings. The fourth-order valence-electron chi connectivity index (χ4n) is 4.34. The maximum atomic E-state index is 13.5. The smallest absolute Gasteiger partial charge is 0.328 e. The van der Waals surface area contributed by atoms with E-state index < -0.39 is 40.0 Å². The van der Waals surface area contributed by atoms with Gasteiger partial charge in [-0.2, -0.15) is 4.31 Å². The Morgan fingerprint density at radius 1 is 1.12 bits per heavy atom. The molecule has 1 heterocycles. The second-order valence-corrected chi connectivity index (χ2v) is 12.7. The summed E-state index contributed by atoms with van der Waals surface area (Å²) in [6.07, 6.45) is 0.310. The van der Waals surface area contributed by atoms with Gasteiger partial charge in [-0.05, 0) is 55.5 Å². The van der Waals surface area contributed by atoms with Crippen LogP contribution in [0.1, 0.15) is 68.9 Å². The highest BCUT2D eigenvalue weighted by atomic mass is 32.2. The molecule has 12 nitrogen and oxygen atoms in total. The van der Waals surface area contributed by atoms with E-state index in [1.807, 2.05) is 20.8 Å². The number of nitrogens with one attached hydrogen (secondary N) is 2. The minimum absolute atomic E-state index is 0.0936. The van der Waals surface area contributed by atoms with E-state index in [2.05, 4.69) is 10.6 Å². The number of amides is 4. The van der Waals surface area contributed by atoms with Gasteiger partial charge < -0.3 is 15.2 Å². The molecular weight excluding hydrogens is 564 g/mol. The molecule has 0 aliphatic carbocycles. The third-order valence-corrected chi connectivity index (χ3v) is 7.81. The van der Waals surface area contributed by atoms with Crippen LogP contribution in [-0.2, 0) is 32.8 Å². The van der Waals surface area contributed by atoms with E-state index in [9.17, 15) is 33.0 Å². The molecule has 4 N–H and O–H groups in total. The van der Waals surface area contributed by atoms with Gasteiger partial charge >= 0.3 is 12.0 Å². The molecule has 0 spiro atoms. The van der Waals surface area contributed by atoms with Crippen molar-refractivity contribution >= 4 is 46.5 Å². The molecule has 1 aliphatic heterocycles. The molecule has 4 amide bonds. The molecule has 42 heavy (non-hydrogen) atoms. The SMILES string of the molecule is COc1c(C(=O)Nc2ccc(CN(CCC(C)(C)C(=O)O)S(=O)O)cc2)cc(N2CCC(=O)NC2=O)cc1C(C)(C)C. The van der Waals surface area contributed by atoms with Crippen LogP contribution in [-0.4, -0.2) is 62.2 Å². The van der Waals surface area contributed by atoms with Crippen molar-refractivity contribution in [2.24, 2.45) is 5.41 Å². The number of hydrogen-bond acceptors (Lipinski definition) is 6. The van der Waals surface area contributed by atoms with Crippen molar-refractivity contribution in [1.82, 2.24) is 9.62 Å². The molecule has 0 bridgehead atoms. The first kappa shape index (κ1) is 32.7. The number of methoxy groups -OCH3 is 1. The third kappa shape index (κ3) is 7.93. The number of rotatable bonds is 11. The minimum atomic E-state index is -2.31. The lowest BCUT2D eigenvalue weighted by Crippen LogP contribution is -2.49. The Morgan fingerprint density at radius 2 is 1.76 bits per heavy atom. The minimum Gasteiger partial charge on any atom is -0.496 e. The molecule has 13 heteroatoms. The van der Waals surface area contributed by atoms with Gasteiger partial charge in [0.05, 0.1) is 18.1 Å². The first-order valence-electron chi connectivity index (χ1n) is 13.4. The zero-order chi connectivity index (χ0) is 31.4. The average molecular weight is 603 g/mol. The number of carboxylic acid groups (broad SMARTS) is 1. The van der Waals surface area contributed by atoms with Crippen LogP contribution >= 0.6 is 0 Å². The molecule has 0 saturated carbocycles. The first-order chi connectivity index (χ1) is 19.5. The van der Waals surface area contributed by atoms with Crippen LogP contribution in [0.2, 0.25) is 0 Å². The topological polar surface area (TPSA) is 166 Å². The van der Waals surface area contributed by atoms with Crippen molar-refractivity contribution in [2.75, 3.05) is 30.4 Å². The van der Waals surface area contributed by atoms with Crippen LogP contribution in [0.3, 0.4) is 0 Å². The molecule has 1 atom stereocenters. The summed E-state index contributed by atoms with van der Waals surface area (Å²) >= 11 is -2.31. The zero-order valence-electron chi connectivity index (χ0n) is 24.6. The number of hydrogen-bond donors (Lipinski definition) is 4. The molecule has 1 saturated heterocycles. The van der Waals surface area contributed by atoms with Crippen LogP contribution in [0.5, 0.6) is 5.75 Å². The quantitative estimate of drug-likeness (QED) is 0.279. The van der Waals surface area contributed by atoms with Gasteiger partial charge in [0.2, 0.25) is 17.2 Å². The number of carbonyl (C=O) groups excluding carboxylic acids is 3. The van der Waals surface area contributed by atoms with E-state index in [0.29, 0.717) is 28.3 Å². The maximum absolute atomic E-state index is 13.5. The van der Waals surface area contributed by atoms with E-state index >= 15 is 0 Å². The lowest BCUT2D eigenvalue weighted by molar-refractivity contribution is -0.147. The zero-order valence-corrected chi connectivity index (χ0v) is 25.5. The summed E-state index contributed by atoms with van der Waals surface area (Å²) in [6.45, 7) is 9.35. The second kappa shape index (κ2) is 13.0. The molecule has 1 unspecified atom stereocenters. The molecule has 3 rings (SSSR count). The molecule has 228 valence electrons. The third-order valence-electron chi connectivity index (χ3n) is 7.05. The van der Waals surface area contributed by atoms with Gasteiger partial charge in [0.25, 0.3) is 5.91 Å². The van der Waals surface area contributed by atoms with Crippen molar-refractivity contribution in [2.45, 2.75) is 59.4 Å². The Hall–Kier alpha value is -3.81. The molecule has 0 aromatic heterocycles. The van der Waals surface area contributed by atoms with Crippen molar-refractivity contribution in [1.29, 1.82) is 0 Å². The Bertz CT molecular complexity index is 1390. The van der Waals surface area contributed by atoms with Gasteiger partial charge in [0.1, 0.15) is 5.75 Å². The monoisotopic (exact) mass is 602 g/mol. The van der Waals surface area contributed by atoms with Crippen LogP contribution in [0.15, 0.2) is 36.4 Å². The van der Waals surface area contributed by atoms with Crippen LogP contribution in [0.4, 0.5) is 16.2 Å². The second-order valence-electron chi connectivity index (χ2n) is 11.8. The number of carbonyl (C=O) groups is 4. The Balaban J connectivity index is 1.84. The number of ether oxygens (including phenoxy) is 1. The number of nitrogens with zero attached hydrogens (tertiary/aromatic N) is 2. The van der Waals surface area contributed by atoms with Crippen molar-refractivity contribution in [3.05, 3.63) is 53.1 Å². The standard InChI is InChI=1S/C29H38N4O8S/c1-28(2,3)22-16-20(33-13-11-23(34)31-27(33)38)15-21(24(22)41-6)25(35)30-19-9-7-18(8-10-19)17-32(42(39)40)14-12-29(4,5)26(36)37/h7-10,15-16H,11-14,17H2,1-6H3,(H,30,35)(H,36,37)(H,39,40)(H,31,34,38). The van der Waals surface area contributed by atoms with Crippen LogP contribution in [0.25, 0.3) is 0 Å². The Morgan fingerprint density at radius 3 is 2.29 bits per heavy atom. The van der Waals surface area contributed by atoms with E-state index in [1.165, 1.54) is 16.3 Å². The normalized spacial score (nSPS) is 14.9. The predicted octanol–water partition coefficient (Wildman–Crippen LogP) is 4.13. The Labute approximate surface area is 247 Å². The molecule has 0 radical (unpaired) electrons. The number of imide groups is 1.